The van der Waals surface area contributed by atoms with Crippen LogP contribution in [0.15, 0.2) is 24.3 Å². The van der Waals surface area contributed by atoms with Gasteiger partial charge in [0.2, 0.25) is 0 Å². The van der Waals surface area contributed by atoms with Gasteiger partial charge in [0.15, 0.2) is 0 Å². The van der Waals surface area contributed by atoms with Crippen molar-refractivity contribution in [3.8, 4) is 0 Å². The molecular formula is C17H26N2. The lowest BCUT2D eigenvalue weighted by Crippen LogP contribution is -2.57. The lowest BCUT2D eigenvalue weighted by atomic mass is 9.74. The quantitative estimate of drug-likeness (QED) is 0.883. The van der Waals surface area contributed by atoms with Crippen molar-refractivity contribution in [1.82, 2.24) is 4.90 Å². The summed E-state index contributed by atoms with van der Waals surface area (Å²) in [5, 5.41) is 0. The first-order valence-corrected chi connectivity index (χ1v) is 7.75. The van der Waals surface area contributed by atoms with E-state index in [2.05, 4.69) is 36.1 Å². The van der Waals surface area contributed by atoms with Crippen molar-refractivity contribution in [3.05, 3.63) is 35.4 Å². The number of hydrogen-bond acceptors (Lipinski definition) is 2. The molecule has 1 saturated carbocycles. The van der Waals surface area contributed by atoms with Crippen molar-refractivity contribution in [2.24, 2.45) is 11.7 Å². The predicted octanol–water partition coefficient (Wildman–Crippen LogP) is 2.95. The normalized spacial score (nSPS) is 32.0. The molecule has 2 N–H and O–H groups in total. The molecule has 0 aromatic heterocycles. The number of benzene rings is 1. The maximum absolute atomic E-state index is 6.21. The number of fused-ring (bicyclic) bond motifs is 1. The molecule has 1 heterocycles. The Morgan fingerprint density at radius 3 is 2.84 bits per heavy atom. The van der Waals surface area contributed by atoms with Crippen LogP contribution in [0.2, 0.25) is 0 Å². The summed E-state index contributed by atoms with van der Waals surface area (Å²) in [6.07, 6.45) is 6.48. The van der Waals surface area contributed by atoms with E-state index in [4.69, 9.17) is 5.73 Å². The van der Waals surface area contributed by atoms with Gasteiger partial charge in [-0.2, -0.15) is 0 Å². The van der Waals surface area contributed by atoms with Crippen molar-refractivity contribution in [3.63, 3.8) is 0 Å². The Bertz CT molecular complexity index is 443. The molecule has 1 aromatic carbocycles. The van der Waals surface area contributed by atoms with Gasteiger partial charge in [0, 0.05) is 25.2 Å². The molecule has 2 nitrogen and oxygen atoms in total. The largest absolute Gasteiger partial charge is 0.329 e. The fourth-order valence-electron chi connectivity index (χ4n) is 4.13. The lowest BCUT2D eigenvalue weighted by molar-refractivity contribution is 0.0280. The van der Waals surface area contributed by atoms with E-state index in [1.54, 1.807) is 0 Å². The summed E-state index contributed by atoms with van der Waals surface area (Å²) in [5.41, 5.74) is 9.53. The van der Waals surface area contributed by atoms with Gasteiger partial charge in [-0.1, -0.05) is 44.0 Å². The van der Waals surface area contributed by atoms with E-state index in [0.717, 1.165) is 19.0 Å². The van der Waals surface area contributed by atoms with Gasteiger partial charge >= 0.3 is 0 Å². The van der Waals surface area contributed by atoms with Crippen LogP contribution < -0.4 is 5.73 Å². The lowest BCUT2D eigenvalue weighted by Gasteiger charge is -2.49. The number of hydrogen-bond donors (Lipinski definition) is 1. The Balaban J connectivity index is 1.82. The van der Waals surface area contributed by atoms with E-state index in [1.807, 2.05) is 0 Å². The maximum Gasteiger partial charge on any atom is 0.0337 e. The van der Waals surface area contributed by atoms with Crippen LogP contribution in [-0.2, 0) is 13.0 Å². The van der Waals surface area contributed by atoms with Crippen LogP contribution in [-0.4, -0.2) is 23.5 Å². The molecule has 0 amide bonds. The van der Waals surface area contributed by atoms with Gasteiger partial charge in [0.1, 0.15) is 0 Å². The Labute approximate surface area is 117 Å². The smallest absolute Gasteiger partial charge is 0.0337 e. The molecule has 1 aromatic rings. The molecule has 0 bridgehead atoms. The number of rotatable bonds is 2. The zero-order chi connectivity index (χ0) is 13.3. The van der Waals surface area contributed by atoms with Gasteiger partial charge in [-0.3, -0.25) is 4.90 Å². The molecule has 1 aliphatic carbocycles. The topological polar surface area (TPSA) is 29.3 Å². The third-order valence-electron chi connectivity index (χ3n) is 5.25. The third-order valence-corrected chi connectivity index (χ3v) is 5.25. The fraction of sp³-hybridized carbons (Fsp3) is 0.647. The van der Waals surface area contributed by atoms with E-state index in [1.165, 1.54) is 49.8 Å². The van der Waals surface area contributed by atoms with E-state index < -0.39 is 0 Å². The average Bonchev–Trinajstić information content (AvgIpc) is 2.46. The van der Waals surface area contributed by atoms with Crippen molar-refractivity contribution >= 4 is 0 Å². The molecule has 2 aliphatic rings. The zero-order valence-corrected chi connectivity index (χ0v) is 12.1. The second-order valence-corrected chi connectivity index (χ2v) is 6.57. The van der Waals surface area contributed by atoms with E-state index in [0.29, 0.717) is 0 Å². The van der Waals surface area contributed by atoms with Crippen LogP contribution in [0, 0.1) is 5.92 Å². The molecule has 1 fully saturated rings. The van der Waals surface area contributed by atoms with Crippen molar-refractivity contribution in [1.29, 1.82) is 0 Å². The summed E-state index contributed by atoms with van der Waals surface area (Å²) in [6, 6.07) is 8.90. The van der Waals surface area contributed by atoms with Crippen LogP contribution in [0.3, 0.4) is 0 Å². The first kappa shape index (κ1) is 13.1. The van der Waals surface area contributed by atoms with Crippen LogP contribution >= 0.6 is 0 Å². The first-order valence-electron chi connectivity index (χ1n) is 7.75. The fourth-order valence-corrected chi connectivity index (χ4v) is 4.13. The van der Waals surface area contributed by atoms with Gasteiger partial charge in [-0.25, -0.2) is 0 Å². The van der Waals surface area contributed by atoms with Crippen molar-refractivity contribution in [2.75, 3.05) is 13.1 Å². The molecule has 1 aliphatic heterocycles. The summed E-state index contributed by atoms with van der Waals surface area (Å²) in [4.78, 5) is 2.69. The monoisotopic (exact) mass is 258 g/mol. The summed E-state index contributed by atoms with van der Waals surface area (Å²) in [7, 11) is 0. The molecule has 2 atom stereocenters. The zero-order valence-electron chi connectivity index (χ0n) is 12.1. The Morgan fingerprint density at radius 2 is 2.11 bits per heavy atom. The highest BCUT2D eigenvalue weighted by Gasteiger charge is 2.39. The molecule has 104 valence electrons. The second kappa shape index (κ2) is 5.26. The SMILES string of the molecule is CC1CCCC(CN)(N2CCc3ccccc3C2)C1. The Kier molecular flexibility index (Phi) is 3.64. The molecule has 2 unspecified atom stereocenters. The first-order chi connectivity index (χ1) is 9.23. The number of nitrogens with zero attached hydrogens (tertiary/aromatic N) is 1. The van der Waals surface area contributed by atoms with Crippen LogP contribution in [0.1, 0.15) is 43.7 Å². The highest BCUT2D eigenvalue weighted by atomic mass is 15.2. The number of nitrogens with two attached hydrogens (primary N) is 1. The molecule has 2 heteroatoms. The summed E-state index contributed by atoms with van der Waals surface area (Å²) in [6.45, 7) is 5.49. The van der Waals surface area contributed by atoms with E-state index >= 15 is 0 Å². The van der Waals surface area contributed by atoms with Gasteiger partial charge in [0.25, 0.3) is 0 Å². The van der Waals surface area contributed by atoms with Gasteiger partial charge in [-0.05, 0) is 36.3 Å². The molecule has 0 spiro atoms. The average molecular weight is 258 g/mol. The predicted molar refractivity (Wildman–Crippen MR) is 80.0 cm³/mol. The van der Waals surface area contributed by atoms with Crippen LogP contribution in [0.5, 0.6) is 0 Å². The van der Waals surface area contributed by atoms with Crippen molar-refractivity contribution in [2.45, 2.75) is 51.1 Å². The van der Waals surface area contributed by atoms with Gasteiger partial charge in [0.05, 0.1) is 0 Å². The second-order valence-electron chi connectivity index (χ2n) is 6.57. The van der Waals surface area contributed by atoms with Crippen LogP contribution in [0.4, 0.5) is 0 Å². The minimum Gasteiger partial charge on any atom is -0.329 e. The molecule has 0 radical (unpaired) electrons. The van der Waals surface area contributed by atoms with E-state index in [9.17, 15) is 0 Å². The van der Waals surface area contributed by atoms with Crippen LogP contribution in [0.25, 0.3) is 0 Å². The summed E-state index contributed by atoms with van der Waals surface area (Å²) < 4.78 is 0. The minimum absolute atomic E-state index is 0.269. The summed E-state index contributed by atoms with van der Waals surface area (Å²) in [5.74, 6) is 0.828. The third kappa shape index (κ3) is 2.44. The Hall–Kier alpha value is -0.860. The Morgan fingerprint density at radius 1 is 1.32 bits per heavy atom. The van der Waals surface area contributed by atoms with Gasteiger partial charge < -0.3 is 5.73 Å². The minimum atomic E-state index is 0.269. The highest BCUT2D eigenvalue weighted by molar-refractivity contribution is 5.29. The van der Waals surface area contributed by atoms with E-state index in [-0.39, 0.29) is 5.54 Å². The molecule has 19 heavy (non-hydrogen) atoms. The molecule has 0 saturated heterocycles. The summed E-state index contributed by atoms with van der Waals surface area (Å²) >= 11 is 0. The standard InChI is InChI=1S/C17H26N2/c1-14-5-4-9-17(11-14,13-18)19-10-8-15-6-2-3-7-16(15)12-19/h2-3,6-7,14H,4-5,8-13,18H2,1H3. The molecule has 3 rings (SSSR count). The van der Waals surface area contributed by atoms with Crippen molar-refractivity contribution < 1.29 is 0 Å². The molecular weight excluding hydrogens is 232 g/mol. The van der Waals surface area contributed by atoms with Gasteiger partial charge in [-0.15, -0.1) is 0 Å². The maximum atomic E-state index is 6.21. The highest BCUT2D eigenvalue weighted by Crippen LogP contribution is 2.38.